The molecule has 0 bridgehead atoms. The number of carbonyl (C=O) groups is 1. The molecule has 14 heteroatoms. The highest BCUT2D eigenvalue weighted by Crippen LogP contribution is 2.37. The van der Waals surface area contributed by atoms with Crippen molar-refractivity contribution in [1.29, 1.82) is 0 Å². The Hall–Kier alpha value is -3.35. The average Bonchev–Trinajstić information content (AvgIpc) is 2.89. The van der Waals surface area contributed by atoms with E-state index in [0.29, 0.717) is 38.2 Å². The Morgan fingerprint density at radius 2 is 1.40 bits per heavy atom. The van der Waals surface area contributed by atoms with Crippen molar-refractivity contribution in [3.63, 3.8) is 0 Å². The van der Waals surface area contributed by atoms with Crippen molar-refractivity contribution in [2.75, 3.05) is 19.6 Å². The number of rotatable bonds is 6. The molecule has 0 spiro atoms. The first kappa shape index (κ1) is 35.8. The summed E-state index contributed by atoms with van der Waals surface area (Å²) in [5.41, 5.74) is -0.116. The highest BCUT2D eigenvalue weighted by atomic mass is 35.5. The highest BCUT2D eigenvalue weighted by molar-refractivity contribution is 5.95. The molecule has 1 fully saturated rings. The third-order valence-electron chi connectivity index (χ3n) is 7.26. The molecule has 4 rings (SSSR count). The fourth-order valence-corrected chi connectivity index (χ4v) is 4.93. The molecule has 1 heterocycles. The van der Waals surface area contributed by atoms with E-state index in [1.54, 1.807) is 12.1 Å². The lowest BCUT2D eigenvalue weighted by atomic mass is 9.97. The number of alkyl halides is 6. The van der Waals surface area contributed by atoms with E-state index in [0.717, 1.165) is 22.3 Å². The molecule has 0 saturated carbocycles. The maximum atomic E-state index is 13.6. The maximum Gasteiger partial charge on any atom is 0.416 e. The van der Waals surface area contributed by atoms with Crippen LogP contribution in [0.25, 0.3) is 0 Å². The minimum Gasteiger partial charge on any atom is -0.333 e. The molecule has 1 saturated heterocycles. The van der Waals surface area contributed by atoms with Crippen LogP contribution in [0.5, 0.6) is 0 Å². The van der Waals surface area contributed by atoms with Crippen molar-refractivity contribution in [2.45, 2.75) is 45.2 Å². The van der Waals surface area contributed by atoms with E-state index in [1.807, 2.05) is 36.9 Å². The van der Waals surface area contributed by atoms with Gasteiger partial charge < -0.3 is 4.90 Å². The Bertz CT molecular complexity index is 1420. The van der Waals surface area contributed by atoms with Crippen molar-refractivity contribution >= 4 is 36.4 Å². The normalized spacial score (nSPS) is 15.8. The molecule has 0 N–H and O–H groups in total. The summed E-state index contributed by atoms with van der Waals surface area (Å²) in [7, 11) is 0. The van der Waals surface area contributed by atoms with Gasteiger partial charge in [-0.25, -0.2) is 0 Å². The topological polar surface area (TPSA) is 66.7 Å². The zero-order valence-corrected chi connectivity index (χ0v) is 24.7. The third-order valence-corrected chi connectivity index (χ3v) is 7.26. The van der Waals surface area contributed by atoms with E-state index in [4.69, 9.17) is 0 Å². The van der Waals surface area contributed by atoms with E-state index >= 15 is 0 Å². The molecular formula is C29H29Cl2F6N3O3. The summed E-state index contributed by atoms with van der Waals surface area (Å²) in [4.78, 5) is 27.4. The van der Waals surface area contributed by atoms with Gasteiger partial charge in [-0.3, -0.25) is 19.8 Å². The molecule has 0 radical (unpaired) electrons. The Balaban J connectivity index is 0.00000323. The van der Waals surface area contributed by atoms with Gasteiger partial charge in [-0.05, 0) is 60.7 Å². The van der Waals surface area contributed by atoms with Gasteiger partial charge in [0.05, 0.1) is 16.1 Å². The number of nitro benzene ring substituents is 1. The Labute approximate surface area is 256 Å². The predicted octanol–water partition coefficient (Wildman–Crippen LogP) is 7.66. The molecule has 6 nitrogen and oxygen atoms in total. The highest BCUT2D eigenvalue weighted by Gasteiger charge is 2.39. The molecule has 1 aliphatic rings. The van der Waals surface area contributed by atoms with Crippen LogP contribution in [0.4, 0.5) is 32.0 Å². The van der Waals surface area contributed by atoms with Crippen LogP contribution >= 0.6 is 24.8 Å². The van der Waals surface area contributed by atoms with Gasteiger partial charge in [0.15, 0.2) is 0 Å². The second-order valence-corrected chi connectivity index (χ2v) is 10.2. The van der Waals surface area contributed by atoms with Crippen LogP contribution in [-0.2, 0) is 25.3 Å². The average molecular weight is 652 g/mol. The number of hydrogen-bond acceptors (Lipinski definition) is 4. The number of non-ortho nitro benzene ring substituents is 1. The second-order valence-electron chi connectivity index (χ2n) is 10.2. The van der Waals surface area contributed by atoms with Crippen molar-refractivity contribution in [1.82, 2.24) is 9.80 Å². The largest absolute Gasteiger partial charge is 0.416 e. The molecule has 3 aromatic carbocycles. The first-order valence-electron chi connectivity index (χ1n) is 12.7. The van der Waals surface area contributed by atoms with Gasteiger partial charge in [0.2, 0.25) is 0 Å². The first-order chi connectivity index (χ1) is 19.1. The molecule has 1 aliphatic heterocycles. The summed E-state index contributed by atoms with van der Waals surface area (Å²) < 4.78 is 80.8. The fraction of sp³-hybridized carbons (Fsp3) is 0.345. The van der Waals surface area contributed by atoms with Gasteiger partial charge in [0, 0.05) is 49.9 Å². The van der Waals surface area contributed by atoms with Crippen LogP contribution in [0.1, 0.15) is 43.7 Å². The van der Waals surface area contributed by atoms with Gasteiger partial charge in [-0.2, -0.15) is 26.3 Å². The zero-order chi connectivity index (χ0) is 30.1. The summed E-state index contributed by atoms with van der Waals surface area (Å²) in [6.07, 6.45) is -9.81. The summed E-state index contributed by atoms with van der Waals surface area (Å²) >= 11 is 0. The van der Waals surface area contributed by atoms with Crippen molar-refractivity contribution in [3.05, 3.63) is 110 Å². The summed E-state index contributed by atoms with van der Waals surface area (Å²) in [5.74, 6) is -0.912. The maximum absolute atomic E-state index is 13.6. The van der Waals surface area contributed by atoms with Gasteiger partial charge >= 0.3 is 12.4 Å². The molecule has 234 valence electrons. The molecule has 3 aromatic rings. The van der Waals surface area contributed by atoms with Crippen LogP contribution in [0.15, 0.2) is 60.7 Å². The monoisotopic (exact) mass is 651 g/mol. The Morgan fingerprint density at radius 3 is 1.91 bits per heavy atom. The number of carbonyl (C=O) groups excluding carboxylic acids is 1. The Kier molecular flexibility index (Phi) is 11.6. The number of halogens is 8. The molecule has 0 unspecified atom stereocenters. The number of amides is 1. The van der Waals surface area contributed by atoms with Crippen LogP contribution < -0.4 is 0 Å². The molecular weight excluding hydrogens is 623 g/mol. The number of nitro groups is 1. The Morgan fingerprint density at radius 1 is 0.837 bits per heavy atom. The lowest BCUT2D eigenvalue weighted by molar-refractivity contribution is -0.384. The second kappa shape index (κ2) is 14.0. The first-order valence-corrected chi connectivity index (χ1v) is 12.7. The van der Waals surface area contributed by atoms with Crippen molar-refractivity contribution in [3.8, 4) is 0 Å². The van der Waals surface area contributed by atoms with Crippen LogP contribution in [0, 0.1) is 24.0 Å². The molecule has 0 aliphatic carbocycles. The number of piperazine rings is 1. The van der Waals surface area contributed by atoms with E-state index < -0.39 is 45.9 Å². The van der Waals surface area contributed by atoms with Crippen LogP contribution in [-0.4, -0.2) is 46.3 Å². The van der Waals surface area contributed by atoms with E-state index in [1.165, 1.54) is 17.0 Å². The lowest BCUT2D eigenvalue weighted by Crippen LogP contribution is -2.55. The van der Waals surface area contributed by atoms with Crippen molar-refractivity contribution < 1.29 is 36.1 Å². The summed E-state index contributed by atoms with van der Waals surface area (Å²) in [6, 6.07) is 12.1. The SMILES string of the molecule is Cc1ccc(C[C@@H]2CN(Cc3ccc([N+](=O)[O-])cc3)CCN2C(=O)c2cc(C(F)(F)F)cc(C(F)(F)F)c2)cc1C.Cl.Cl. The molecule has 43 heavy (non-hydrogen) atoms. The lowest BCUT2D eigenvalue weighted by Gasteiger charge is -2.42. The van der Waals surface area contributed by atoms with E-state index in [2.05, 4.69) is 0 Å². The zero-order valence-electron chi connectivity index (χ0n) is 23.0. The summed E-state index contributed by atoms with van der Waals surface area (Å²) in [6.45, 7) is 4.92. The smallest absolute Gasteiger partial charge is 0.333 e. The minimum absolute atomic E-state index is 0. The third kappa shape index (κ3) is 8.84. The number of aryl methyl sites for hydroxylation is 2. The number of nitrogens with zero attached hydrogens (tertiary/aromatic N) is 3. The van der Waals surface area contributed by atoms with Gasteiger partial charge in [0.1, 0.15) is 0 Å². The van der Waals surface area contributed by atoms with Crippen LogP contribution in [0.3, 0.4) is 0 Å². The van der Waals surface area contributed by atoms with E-state index in [9.17, 15) is 41.3 Å². The van der Waals surface area contributed by atoms with Gasteiger partial charge in [0.25, 0.3) is 11.6 Å². The predicted molar refractivity (Wildman–Crippen MR) is 154 cm³/mol. The quantitative estimate of drug-likeness (QED) is 0.156. The van der Waals surface area contributed by atoms with Gasteiger partial charge in [-0.15, -0.1) is 24.8 Å². The molecule has 0 aromatic heterocycles. The number of hydrogen-bond donors (Lipinski definition) is 0. The van der Waals surface area contributed by atoms with Gasteiger partial charge in [-0.1, -0.05) is 30.3 Å². The summed E-state index contributed by atoms with van der Waals surface area (Å²) in [5, 5.41) is 11.0. The van der Waals surface area contributed by atoms with E-state index in [-0.39, 0.29) is 43.1 Å². The molecule has 1 atom stereocenters. The van der Waals surface area contributed by atoms with Crippen molar-refractivity contribution in [2.24, 2.45) is 0 Å². The molecule has 1 amide bonds. The van der Waals surface area contributed by atoms with Crippen LogP contribution in [0.2, 0.25) is 0 Å². The fourth-order valence-electron chi connectivity index (χ4n) is 4.93. The number of benzene rings is 3. The standard InChI is InChI=1S/C29H27F6N3O3.2ClH/c1-18-3-4-21(11-19(18)2)12-26-17-36(16-20-5-7-25(8-6-20)38(40)41)9-10-37(26)27(39)22-13-23(28(30,31)32)15-24(14-22)29(33,34)35;;/h3-8,11,13-15,26H,9-10,12,16-17H2,1-2H3;2*1H/t26-;;/m1../s1. The minimum atomic E-state index is -5.07.